The average Bonchev–Trinajstić information content (AvgIpc) is 2.35. The third-order valence-electron chi connectivity index (χ3n) is 2.74. The van der Waals surface area contributed by atoms with Gasteiger partial charge in [-0.15, -0.1) is 0 Å². The third-order valence-corrected chi connectivity index (χ3v) is 2.74. The Morgan fingerprint density at radius 2 is 1.56 bits per heavy atom. The molecule has 5 nitrogen and oxygen atoms in total. The maximum Gasteiger partial charge on any atom is 0.337 e. The van der Waals surface area contributed by atoms with Crippen LogP contribution in [0.15, 0.2) is 12.1 Å². The fourth-order valence-electron chi connectivity index (χ4n) is 1.78. The highest BCUT2D eigenvalue weighted by Gasteiger charge is 2.23. The first-order chi connectivity index (χ1) is 8.42. The molecule has 0 fully saturated rings. The topological polar surface area (TPSA) is 76.0 Å². The molecule has 0 aliphatic rings. The number of aliphatic carboxylic acids is 1. The number of hydrogen-bond acceptors (Lipinski definition) is 4. The van der Waals surface area contributed by atoms with Gasteiger partial charge < -0.3 is 19.7 Å². The molecule has 1 aromatic rings. The van der Waals surface area contributed by atoms with Crippen molar-refractivity contribution >= 4 is 5.97 Å². The van der Waals surface area contributed by atoms with Gasteiger partial charge in [-0.05, 0) is 29.2 Å². The SMILES string of the molecule is COc1cc(C(C)C)c(C(O)C(=O)O)cc1OC. The van der Waals surface area contributed by atoms with E-state index >= 15 is 0 Å². The van der Waals surface area contributed by atoms with Gasteiger partial charge in [0.2, 0.25) is 0 Å². The first-order valence-electron chi connectivity index (χ1n) is 5.59. The second-order valence-electron chi connectivity index (χ2n) is 4.23. The number of benzene rings is 1. The molecule has 2 N–H and O–H groups in total. The minimum Gasteiger partial charge on any atom is -0.493 e. The molecule has 0 saturated heterocycles. The van der Waals surface area contributed by atoms with Gasteiger partial charge in [-0.2, -0.15) is 0 Å². The van der Waals surface area contributed by atoms with Gasteiger partial charge in [0.05, 0.1) is 14.2 Å². The van der Waals surface area contributed by atoms with Crippen LogP contribution in [-0.2, 0) is 4.79 Å². The van der Waals surface area contributed by atoms with Crippen LogP contribution in [0.4, 0.5) is 0 Å². The molecule has 0 aliphatic carbocycles. The van der Waals surface area contributed by atoms with Crippen LogP contribution >= 0.6 is 0 Å². The number of aliphatic hydroxyl groups is 1. The standard InChI is InChI=1S/C13H18O5/c1-7(2)8-5-10(17-3)11(18-4)6-9(8)12(14)13(15)16/h5-7,12,14H,1-4H3,(H,15,16). The summed E-state index contributed by atoms with van der Waals surface area (Å²) in [4.78, 5) is 10.9. The first-order valence-corrected chi connectivity index (χ1v) is 5.59. The summed E-state index contributed by atoms with van der Waals surface area (Å²) < 4.78 is 10.3. The molecule has 0 aliphatic heterocycles. The summed E-state index contributed by atoms with van der Waals surface area (Å²) in [5.74, 6) is -0.308. The summed E-state index contributed by atoms with van der Waals surface area (Å²) in [7, 11) is 2.97. The summed E-state index contributed by atoms with van der Waals surface area (Å²) >= 11 is 0. The van der Waals surface area contributed by atoms with Crippen molar-refractivity contribution < 1.29 is 24.5 Å². The number of hydrogen-bond donors (Lipinski definition) is 2. The lowest BCUT2D eigenvalue weighted by molar-refractivity contribution is -0.147. The van der Waals surface area contributed by atoms with E-state index in [1.54, 1.807) is 6.07 Å². The van der Waals surface area contributed by atoms with E-state index < -0.39 is 12.1 Å². The quantitative estimate of drug-likeness (QED) is 0.839. The number of ether oxygens (including phenoxy) is 2. The lowest BCUT2D eigenvalue weighted by Gasteiger charge is -2.18. The number of carboxylic acids is 1. The number of carboxylic acid groups (broad SMARTS) is 1. The number of methoxy groups -OCH3 is 2. The smallest absolute Gasteiger partial charge is 0.337 e. The maximum atomic E-state index is 10.9. The van der Waals surface area contributed by atoms with Gasteiger partial charge >= 0.3 is 5.97 Å². The van der Waals surface area contributed by atoms with Gasteiger partial charge in [0.25, 0.3) is 0 Å². The Hall–Kier alpha value is -1.75. The van der Waals surface area contributed by atoms with Crippen molar-refractivity contribution in [3.63, 3.8) is 0 Å². The van der Waals surface area contributed by atoms with E-state index in [-0.39, 0.29) is 5.92 Å². The molecule has 0 heterocycles. The molecule has 1 aromatic carbocycles. The predicted octanol–water partition coefficient (Wildman–Crippen LogP) is 1.95. The predicted molar refractivity (Wildman–Crippen MR) is 66.2 cm³/mol. The van der Waals surface area contributed by atoms with Crippen molar-refractivity contribution in [2.45, 2.75) is 25.9 Å². The maximum absolute atomic E-state index is 10.9. The minimum atomic E-state index is -1.57. The van der Waals surface area contributed by atoms with Crippen LogP contribution in [0.2, 0.25) is 0 Å². The van der Waals surface area contributed by atoms with Gasteiger partial charge in [0.15, 0.2) is 17.6 Å². The Kier molecular flexibility index (Phi) is 4.55. The van der Waals surface area contributed by atoms with Crippen LogP contribution in [0.1, 0.15) is 37.0 Å². The molecule has 0 saturated carbocycles. The Balaban J connectivity index is 3.42. The lowest BCUT2D eigenvalue weighted by atomic mass is 9.93. The number of carbonyl (C=O) groups is 1. The molecular formula is C13H18O5. The van der Waals surface area contributed by atoms with E-state index in [1.165, 1.54) is 20.3 Å². The van der Waals surface area contributed by atoms with E-state index in [0.717, 1.165) is 5.56 Å². The molecular weight excluding hydrogens is 236 g/mol. The molecule has 0 amide bonds. The molecule has 0 bridgehead atoms. The van der Waals surface area contributed by atoms with Crippen LogP contribution < -0.4 is 9.47 Å². The molecule has 0 radical (unpaired) electrons. The van der Waals surface area contributed by atoms with E-state index in [9.17, 15) is 9.90 Å². The van der Waals surface area contributed by atoms with Crippen molar-refractivity contribution in [2.24, 2.45) is 0 Å². The van der Waals surface area contributed by atoms with E-state index in [1.807, 2.05) is 13.8 Å². The Morgan fingerprint density at radius 1 is 1.11 bits per heavy atom. The van der Waals surface area contributed by atoms with E-state index in [4.69, 9.17) is 14.6 Å². The van der Waals surface area contributed by atoms with Gasteiger partial charge in [-0.25, -0.2) is 4.79 Å². The van der Waals surface area contributed by atoms with Crippen LogP contribution in [0.3, 0.4) is 0 Å². The Morgan fingerprint density at radius 3 is 1.89 bits per heavy atom. The Labute approximate surface area is 106 Å². The molecule has 1 rings (SSSR count). The average molecular weight is 254 g/mol. The van der Waals surface area contributed by atoms with Gasteiger partial charge in [0, 0.05) is 0 Å². The van der Waals surface area contributed by atoms with E-state index in [0.29, 0.717) is 17.1 Å². The highest BCUT2D eigenvalue weighted by Crippen LogP contribution is 2.36. The molecule has 0 spiro atoms. The highest BCUT2D eigenvalue weighted by atomic mass is 16.5. The van der Waals surface area contributed by atoms with Gasteiger partial charge in [-0.3, -0.25) is 0 Å². The van der Waals surface area contributed by atoms with Crippen molar-refractivity contribution in [1.29, 1.82) is 0 Å². The normalized spacial score (nSPS) is 12.3. The Bertz CT molecular complexity index is 439. The number of aliphatic hydroxyl groups excluding tert-OH is 1. The van der Waals surface area contributed by atoms with Crippen LogP contribution in [0, 0.1) is 0 Å². The van der Waals surface area contributed by atoms with Crippen molar-refractivity contribution in [1.82, 2.24) is 0 Å². The lowest BCUT2D eigenvalue weighted by Crippen LogP contribution is -2.14. The summed E-state index contributed by atoms with van der Waals surface area (Å²) in [6.45, 7) is 3.83. The van der Waals surface area contributed by atoms with Gasteiger partial charge in [0.1, 0.15) is 0 Å². The summed E-state index contributed by atoms with van der Waals surface area (Å²) in [5, 5.41) is 18.6. The molecule has 100 valence electrons. The number of rotatable bonds is 5. The van der Waals surface area contributed by atoms with Crippen LogP contribution in [0.5, 0.6) is 11.5 Å². The van der Waals surface area contributed by atoms with Crippen molar-refractivity contribution in [3.8, 4) is 11.5 Å². The summed E-state index contributed by atoms with van der Waals surface area (Å²) in [5.41, 5.74) is 1.05. The van der Waals surface area contributed by atoms with E-state index in [2.05, 4.69) is 0 Å². The molecule has 1 atom stereocenters. The van der Waals surface area contributed by atoms with Crippen molar-refractivity contribution in [3.05, 3.63) is 23.3 Å². The third kappa shape index (κ3) is 2.73. The summed E-state index contributed by atoms with van der Waals surface area (Å²) in [6, 6.07) is 3.21. The molecule has 0 aromatic heterocycles. The molecule has 5 heteroatoms. The fraction of sp³-hybridized carbons (Fsp3) is 0.462. The zero-order valence-corrected chi connectivity index (χ0v) is 10.9. The largest absolute Gasteiger partial charge is 0.493 e. The second-order valence-corrected chi connectivity index (χ2v) is 4.23. The fourth-order valence-corrected chi connectivity index (χ4v) is 1.78. The highest BCUT2D eigenvalue weighted by molar-refractivity contribution is 5.75. The first kappa shape index (κ1) is 14.3. The van der Waals surface area contributed by atoms with Crippen LogP contribution in [0.25, 0.3) is 0 Å². The monoisotopic (exact) mass is 254 g/mol. The minimum absolute atomic E-state index is 0.0637. The molecule has 1 unspecified atom stereocenters. The van der Waals surface area contributed by atoms with Crippen LogP contribution in [-0.4, -0.2) is 30.4 Å². The summed E-state index contributed by atoms with van der Waals surface area (Å²) in [6.07, 6.45) is -1.57. The second kappa shape index (κ2) is 5.73. The molecule has 18 heavy (non-hydrogen) atoms. The zero-order chi connectivity index (χ0) is 13.9. The zero-order valence-electron chi connectivity index (χ0n) is 10.9. The van der Waals surface area contributed by atoms with Gasteiger partial charge in [-0.1, -0.05) is 13.8 Å². The van der Waals surface area contributed by atoms with Crippen molar-refractivity contribution in [2.75, 3.05) is 14.2 Å².